The van der Waals surface area contributed by atoms with E-state index in [0.717, 1.165) is 39.1 Å². The number of benzene rings is 4. The number of nitrogens with zero attached hydrogens (tertiary/aromatic N) is 4. The summed E-state index contributed by atoms with van der Waals surface area (Å²) in [7, 11) is 0. The van der Waals surface area contributed by atoms with Crippen LogP contribution in [-0.4, -0.2) is 123 Å². The normalized spacial score (nSPS) is 14.9. The van der Waals surface area contributed by atoms with Crippen LogP contribution >= 0.6 is 11.8 Å². The van der Waals surface area contributed by atoms with E-state index < -0.39 is 12.2 Å². The molecule has 2 aliphatic rings. The van der Waals surface area contributed by atoms with Crippen LogP contribution in [0.5, 0.6) is 17.2 Å². The molecular weight excluding hydrogens is 792 g/mol. The molecule has 0 atom stereocenters. The maximum atomic E-state index is 13.6. The van der Waals surface area contributed by atoms with Gasteiger partial charge in [0.15, 0.2) is 23.1 Å². The van der Waals surface area contributed by atoms with Crippen molar-refractivity contribution in [3.8, 4) is 17.2 Å². The van der Waals surface area contributed by atoms with Crippen molar-refractivity contribution in [3.05, 3.63) is 120 Å². The second-order valence-electron chi connectivity index (χ2n) is 14.0. The molecule has 0 aromatic heterocycles. The fraction of sp³-hybridized carbons (Fsp3) is 0.409. The first-order valence-electron chi connectivity index (χ1n) is 19.7. The molecule has 4 aromatic carbocycles. The fourth-order valence-electron chi connectivity index (χ4n) is 6.67. The third-order valence-electron chi connectivity index (χ3n) is 10.0. The molecule has 0 radical (unpaired) electrons. The van der Waals surface area contributed by atoms with Crippen molar-refractivity contribution in [1.29, 1.82) is 0 Å². The van der Waals surface area contributed by atoms with Gasteiger partial charge in [-0.3, -0.25) is 19.4 Å². The monoisotopic (exact) mass is 842 g/mol. The zero-order valence-electron chi connectivity index (χ0n) is 33.2. The number of alkyl halides is 3. The van der Waals surface area contributed by atoms with E-state index in [9.17, 15) is 31.5 Å². The van der Waals surface area contributed by atoms with E-state index in [1.54, 1.807) is 59.1 Å². The van der Waals surface area contributed by atoms with E-state index in [-0.39, 0.29) is 42.0 Å². The molecule has 2 saturated heterocycles. The third kappa shape index (κ3) is 15.4. The van der Waals surface area contributed by atoms with Crippen molar-refractivity contribution in [1.82, 2.24) is 19.6 Å². The number of halogens is 5. The van der Waals surface area contributed by atoms with Gasteiger partial charge in [0.2, 0.25) is 11.8 Å². The van der Waals surface area contributed by atoms with Gasteiger partial charge in [-0.05, 0) is 72.7 Å². The van der Waals surface area contributed by atoms with Crippen LogP contribution in [0.1, 0.15) is 24.0 Å². The Balaban J connectivity index is 0.000000225. The van der Waals surface area contributed by atoms with Gasteiger partial charge < -0.3 is 24.0 Å². The summed E-state index contributed by atoms with van der Waals surface area (Å²) in [6, 6.07) is 26.9. The second kappa shape index (κ2) is 23.1. The highest BCUT2D eigenvalue weighted by molar-refractivity contribution is 7.98. The number of aryl methyl sites for hydroxylation is 2. The first kappa shape index (κ1) is 45.2. The minimum atomic E-state index is -4.77. The van der Waals surface area contributed by atoms with Gasteiger partial charge in [0.05, 0.1) is 0 Å². The molecule has 0 unspecified atom stereocenters. The van der Waals surface area contributed by atoms with Crippen molar-refractivity contribution < 1.29 is 45.8 Å². The Morgan fingerprint density at radius 3 is 1.49 bits per heavy atom. The number of para-hydroxylation sites is 3. The molecule has 15 heteroatoms. The maximum Gasteiger partial charge on any atom is 0.573 e. The summed E-state index contributed by atoms with van der Waals surface area (Å²) in [5.74, 6) is -0.392. The van der Waals surface area contributed by atoms with Crippen molar-refractivity contribution in [2.24, 2.45) is 0 Å². The highest BCUT2D eigenvalue weighted by Gasteiger charge is 2.32. The van der Waals surface area contributed by atoms with Crippen LogP contribution in [0.4, 0.5) is 22.0 Å². The molecule has 6 rings (SSSR count). The molecule has 2 heterocycles. The van der Waals surface area contributed by atoms with Gasteiger partial charge in [-0.15, -0.1) is 24.9 Å². The highest BCUT2D eigenvalue weighted by atomic mass is 32.2. The summed E-state index contributed by atoms with van der Waals surface area (Å²) in [6.45, 7) is 7.62. The van der Waals surface area contributed by atoms with E-state index >= 15 is 0 Å². The quantitative estimate of drug-likeness (QED) is 0.0845. The van der Waals surface area contributed by atoms with Crippen molar-refractivity contribution in [2.45, 2.75) is 36.9 Å². The zero-order chi connectivity index (χ0) is 42.0. The van der Waals surface area contributed by atoms with Crippen molar-refractivity contribution in [2.75, 3.05) is 84.9 Å². The molecule has 9 nitrogen and oxygen atoms in total. The summed E-state index contributed by atoms with van der Waals surface area (Å²) >= 11 is 1.72. The average molecular weight is 843 g/mol. The molecular formula is C44H51F5N4O5S. The van der Waals surface area contributed by atoms with Crippen LogP contribution in [0, 0.1) is 11.6 Å². The number of thioether (sulfide) groups is 1. The summed E-state index contributed by atoms with van der Waals surface area (Å²) in [6.07, 6.45) is -1.10. The Hall–Kier alpha value is -4.86. The number of ether oxygens (including phenoxy) is 3. The van der Waals surface area contributed by atoms with Crippen LogP contribution < -0.4 is 14.2 Å². The number of carbonyl (C=O) groups excluding carboxylic acids is 2. The van der Waals surface area contributed by atoms with E-state index in [1.807, 2.05) is 4.90 Å². The minimum Gasteiger partial charge on any atom is -0.489 e. The number of hydrogen-bond acceptors (Lipinski definition) is 8. The van der Waals surface area contributed by atoms with Gasteiger partial charge in [0, 0.05) is 83.2 Å². The van der Waals surface area contributed by atoms with Crippen LogP contribution in [0.3, 0.4) is 0 Å². The van der Waals surface area contributed by atoms with Gasteiger partial charge in [0.1, 0.15) is 19.0 Å². The molecule has 2 aliphatic heterocycles. The van der Waals surface area contributed by atoms with Crippen LogP contribution in [0.15, 0.2) is 102 Å². The van der Waals surface area contributed by atoms with E-state index in [1.165, 1.54) is 40.8 Å². The summed E-state index contributed by atoms with van der Waals surface area (Å²) in [5, 5.41) is 0. The van der Waals surface area contributed by atoms with Crippen molar-refractivity contribution in [3.63, 3.8) is 0 Å². The standard InChI is InChI=1S/C22H24F4N2O3.C22H27FN2O2S/c23-18-6-2-4-8-20(18)30-16-15-27-11-13-28(14-12-27)21(29)10-9-17-5-1-3-7-19(17)31-22(24,25)26;1-28-19-9-6-18(7-10-19)8-11-22(26)25-14-12-24(13-15-25)16-17-27-21-5-3-2-4-20(21)23/h1-8H,9-16H2;2-7,9-10H,8,11-17H2,1H3. The molecule has 0 spiro atoms. The molecule has 4 aromatic rings. The minimum absolute atomic E-state index is 0.106. The number of carbonyl (C=O) groups is 2. The predicted molar refractivity (Wildman–Crippen MR) is 218 cm³/mol. The Morgan fingerprint density at radius 1 is 0.593 bits per heavy atom. The lowest BCUT2D eigenvalue weighted by molar-refractivity contribution is -0.274. The van der Waals surface area contributed by atoms with E-state index in [2.05, 4.69) is 45.1 Å². The Bertz CT molecular complexity index is 1910. The van der Waals surface area contributed by atoms with Gasteiger partial charge in [0.25, 0.3) is 0 Å². The van der Waals surface area contributed by atoms with Crippen molar-refractivity contribution >= 4 is 23.6 Å². The van der Waals surface area contributed by atoms with E-state index in [4.69, 9.17) is 9.47 Å². The lowest BCUT2D eigenvalue weighted by Crippen LogP contribution is -2.49. The Kier molecular flexibility index (Phi) is 17.7. The zero-order valence-corrected chi connectivity index (χ0v) is 34.0. The molecule has 318 valence electrons. The number of rotatable bonds is 16. The fourth-order valence-corrected chi connectivity index (χ4v) is 7.08. The van der Waals surface area contributed by atoms with Crippen LogP contribution in [0.2, 0.25) is 0 Å². The van der Waals surface area contributed by atoms with E-state index in [0.29, 0.717) is 63.7 Å². The molecule has 0 bridgehead atoms. The first-order chi connectivity index (χ1) is 28.5. The number of piperazine rings is 2. The average Bonchev–Trinajstić information content (AvgIpc) is 3.24. The van der Waals surface area contributed by atoms with Gasteiger partial charge in [-0.25, -0.2) is 8.78 Å². The predicted octanol–water partition coefficient (Wildman–Crippen LogP) is 7.58. The number of amides is 2. The largest absolute Gasteiger partial charge is 0.573 e. The van der Waals surface area contributed by atoms with Crippen LogP contribution in [0.25, 0.3) is 0 Å². The Labute approximate surface area is 347 Å². The first-order valence-corrected chi connectivity index (χ1v) is 20.9. The molecule has 0 N–H and O–H groups in total. The second-order valence-corrected chi connectivity index (χ2v) is 14.9. The smallest absolute Gasteiger partial charge is 0.489 e. The summed E-state index contributed by atoms with van der Waals surface area (Å²) in [4.78, 5) is 34.2. The lowest BCUT2D eigenvalue weighted by atomic mass is 10.1. The SMILES string of the molecule is CSc1ccc(CCC(=O)N2CCN(CCOc3ccccc3F)CC2)cc1.O=C(CCc1ccccc1OC(F)(F)F)N1CCN(CCOc2ccccc2F)CC1. The topological polar surface area (TPSA) is 74.8 Å². The molecule has 0 aliphatic carbocycles. The summed E-state index contributed by atoms with van der Waals surface area (Å²) < 4.78 is 79.7. The Morgan fingerprint density at radius 2 is 1.03 bits per heavy atom. The summed E-state index contributed by atoms with van der Waals surface area (Å²) in [5.41, 5.74) is 1.55. The molecule has 59 heavy (non-hydrogen) atoms. The van der Waals surface area contributed by atoms with Gasteiger partial charge in [-0.1, -0.05) is 54.6 Å². The molecule has 2 fully saturated rings. The van der Waals surface area contributed by atoms with Gasteiger partial charge >= 0.3 is 6.36 Å². The highest BCUT2D eigenvalue weighted by Crippen LogP contribution is 2.27. The molecule has 0 saturated carbocycles. The van der Waals surface area contributed by atoms with Gasteiger partial charge in [-0.2, -0.15) is 0 Å². The number of hydrogen-bond donors (Lipinski definition) is 0. The maximum absolute atomic E-state index is 13.6. The lowest BCUT2D eigenvalue weighted by Gasteiger charge is -2.34. The van der Waals surface area contributed by atoms with Crippen LogP contribution in [-0.2, 0) is 22.4 Å². The third-order valence-corrected chi connectivity index (χ3v) is 10.8. The molecule has 2 amide bonds.